The summed E-state index contributed by atoms with van der Waals surface area (Å²) in [4.78, 5) is 11.2. The Bertz CT molecular complexity index is 362. The summed E-state index contributed by atoms with van der Waals surface area (Å²) in [5.74, 6) is -0.660. The first-order chi connectivity index (χ1) is 6.16. The van der Waals surface area contributed by atoms with E-state index in [1.54, 1.807) is 6.92 Å². The first-order valence-electron chi connectivity index (χ1n) is 3.84. The van der Waals surface area contributed by atoms with Gasteiger partial charge in [-0.1, -0.05) is 0 Å². The molecule has 1 atom stereocenters. The lowest BCUT2D eigenvalue weighted by molar-refractivity contribution is -0.0489. The first-order valence-corrected chi connectivity index (χ1v) is 3.84. The molecule has 0 saturated carbocycles. The third-order valence-electron chi connectivity index (χ3n) is 1.73. The number of ether oxygens (including phenoxy) is 2. The van der Waals surface area contributed by atoms with E-state index in [-0.39, 0.29) is 5.56 Å². The van der Waals surface area contributed by atoms with Crippen molar-refractivity contribution in [3.8, 4) is 5.75 Å². The largest absolute Gasteiger partial charge is 0.454 e. The summed E-state index contributed by atoms with van der Waals surface area (Å²) in [6, 6.07) is 3.76. The third-order valence-corrected chi connectivity index (χ3v) is 1.73. The number of cyclic esters (lactones) is 1. The van der Waals surface area contributed by atoms with Crippen molar-refractivity contribution in [2.75, 3.05) is 0 Å². The number of halogens is 1. The number of hydrogen-bond acceptors (Lipinski definition) is 3. The van der Waals surface area contributed by atoms with Gasteiger partial charge in [0.05, 0.1) is 0 Å². The van der Waals surface area contributed by atoms with Crippen molar-refractivity contribution < 1.29 is 18.7 Å². The Kier molecular flexibility index (Phi) is 1.69. The third kappa shape index (κ3) is 1.35. The van der Waals surface area contributed by atoms with Gasteiger partial charge in [-0.3, -0.25) is 0 Å². The number of hydrogen-bond donors (Lipinski definition) is 0. The summed E-state index contributed by atoms with van der Waals surface area (Å²) in [5.41, 5.74) is 0.137. The van der Waals surface area contributed by atoms with Gasteiger partial charge in [-0.15, -0.1) is 0 Å². The molecule has 4 heteroatoms. The highest BCUT2D eigenvalue weighted by Gasteiger charge is 2.24. The highest BCUT2D eigenvalue weighted by molar-refractivity contribution is 5.93. The lowest BCUT2D eigenvalue weighted by Crippen LogP contribution is -2.27. The van der Waals surface area contributed by atoms with Crippen LogP contribution in [-0.2, 0) is 4.74 Å². The number of benzene rings is 1. The normalized spacial score (nSPS) is 20.2. The van der Waals surface area contributed by atoms with Gasteiger partial charge in [0.25, 0.3) is 0 Å². The maximum atomic E-state index is 12.7. The van der Waals surface area contributed by atoms with Crippen LogP contribution in [0.4, 0.5) is 4.39 Å². The average Bonchev–Trinajstić information content (AvgIpc) is 2.06. The minimum absolute atomic E-state index is 0.137. The molecule has 68 valence electrons. The smallest absolute Gasteiger partial charge is 0.345 e. The molecule has 0 aliphatic carbocycles. The topological polar surface area (TPSA) is 35.5 Å². The van der Waals surface area contributed by atoms with E-state index in [0.29, 0.717) is 5.75 Å². The lowest BCUT2D eigenvalue weighted by atomic mass is 10.2. The predicted molar refractivity (Wildman–Crippen MR) is 41.9 cm³/mol. The van der Waals surface area contributed by atoms with E-state index >= 15 is 0 Å². The summed E-state index contributed by atoms with van der Waals surface area (Å²) in [6.45, 7) is 1.60. The summed E-state index contributed by atoms with van der Waals surface area (Å²) in [5, 5.41) is 0. The van der Waals surface area contributed by atoms with Crippen molar-refractivity contribution in [3.63, 3.8) is 0 Å². The fourth-order valence-electron chi connectivity index (χ4n) is 1.18. The number of esters is 1. The second kappa shape index (κ2) is 2.73. The van der Waals surface area contributed by atoms with Gasteiger partial charge in [0.15, 0.2) is 0 Å². The van der Waals surface area contributed by atoms with Crippen molar-refractivity contribution in [1.29, 1.82) is 0 Å². The zero-order chi connectivity index (χ0) is 9.42. The molecule has 0 spiro atoms. The standard InChI is InChI=1S/C9H7FO3/c1-5-12-8-3-2-6(10)4-7(8)9(11)13-5/h2-5H,1H3. The van der Waals surface area contributed by atoms with Crippen LogP contribution in [0.2, 0.25) is 0 Å². The lowest BCUT2D eigenvalue weighted by Gasteiger charge is -2.22. The van der Waals surface area contributed by atoms with Gasteiger partial charge in [0.1, 0.15) is 17.1 Å². The van der Waals surface area contributed by atoms with E-state index in [9.17, 15) is 9.18 Å². The van der Waals surface area contributed by atoms with Gasteiger partial charge in [-0.25, -0.2) is 9.18 Å². The number of carbonyl (C=O) groups is 1. The van der Waals surface area contributed by atoms with Crippen molar-refractivity contribution in [2.24, 2.45) is 0 Å². The Morgan fingerprint density at radius 1 is 1.38 bits per heavy atom. The molecule has 0 fully saturated rings. The second-order valence-corrected chi connectivity index (χ2v) is 2.73. The van der Waals surface area contributed by atoms with Crippen LogP contribution in [0.1, 0.15) is 17.3 Å². The Balaban J connectivity index is 2.49. The van der Waals surface area contributed by atoms with Crippen molar-refractivity contribution in [1.82, 2.24) is 0 Å². The molecular weight excluding hydrogens is 175 g/mol. The molecule has 1 aromatic rings. The van der Waals surface area contributed by atoms with E-state index in [1.165, 1.54) is 12.1 Å². The summed E-state index contributed by atoms with van der Waals surface area (Å²) in [6.07, 6.45) is -0.606. The van der Waals surface area contributed by atoms with Gasteiger partial charge in [0, 0.05) is 6.92 Å². The molecule has 1 aliphatic rings. The molecule has 1 heterocycles. The monoisotopic (exact) mass is 182 g/mol. The molecule has 3 nitrogen and oxygen atoms in total. The van der Waals surface area contributed by atoms with Crippen LogP contribution in [0.5, 0.6) is 5.75 Å². The van der Waals surface area contributed by atoms with Crippen molar-refractivity contribution in [3.05, 3.63) is 29.6 Å². The van der Waals surface area contributed by atoms with Gasteiger partial charge in [-0.05, 0) is 18.2 Å². The van der Waals surface area contributed by atoms with Crippen LogP contribution >= 0.6 is 0 Å². The highest BCUT2D eigenvalue weighted by Crippen LogP contribution is 2.26. The molecule has 0 radical (unpaired) electrons. The van der Waals surface area contributed by atoms with Gasteiger partial charge in [-0.2, -0.15) is 0 Å². The molecule has 0 saturated heterocycles. The molecule has 1 unspecified atom stereocenters. The summed E-state index contributed by atoms with van der Waals surface area (Å²) in [7, 11) is 0. The van der Waals surface area contributed by atoms with E-state index in [2.05, 4.69) is 0 Å². The minimum atomic E-state index is -0.606. The van der Waals surface area contributed by atoms with Gasteiger partial charge >= 0.3 is 5.97 Å². The number of carbonyl (C=O) groups excluding carboxylic acids is 1. The molecule has 0 amide bonds. The molecule has 13 heavy (non-hydrogen) atoms. The summed E-state index contributed by atoms with van der Waals surface area (Å²) < 4.78 is 22.6. The summed E-state index contributed by atoms with van der Waals surface area (Å²) >= 11 is 0. The zero-order valence-electron chi connectivity index (χ0n) is 6.91. The molecule has 0 aromatic heterocycles. The van der Waals surface area contributed by atoms with Crippen LogP contribution in [0.3, 0.4) is 0 Å². The van der Waals surface area contributed by atoms with Crippen LogP contribution in [0, 0.1) is 5.82 Å². The highest BCUT2D eigenvalue weighted by atomic mass is 19.1. The van der Waals surface area contributed by atoms with Crippen LogP contribution in [0.25, 0.3) is 0 Å². The van der Waals surface area contributed by atoms with Crippen molar-refractivity contribution in [2.45, 2.75) is 13.2 Å². The zero-order valence-corrected chi connectivity index (χ0v) is 6.91. The van der Waals surface area contributed by atoms with Crippen molar-refractivity contribution >= 4 is 5.97 Å². The van der Waals surface area contributed by atoms with E-state index in [0.717, 1.165) is 6.07 Å². The minimum Gasteiger partial charge on any atom is -0.454 e. The molecular formula is C9H7FO3. The SMILES string of the molecule is CC1OC(=O)c2cc(F)ccc2O1. The molecule has 2 rings (SSSR count). The quantitative estimate of drug-likeness (QED) is 0.573. The van der Waals surface area contributed by atoms with E-state index < -0.39 is 18.1 Å². The molecule has 0 N–H and O–H groups in total. The molecule has 0 bridgehead atoms. The Hall–Kier alpha value is -1.58. The van der Waals surface area contributed by atoms with E-state index in [4.69, 9.17) is 9.47 Å². The van der Waals surface area contributed by atoms with Crippen LogP contribution in [0.15, 0.2) is 18.2 Å². The van der Waals surface area contributed by atoms with Crippen LogP contribution < -0.4 is 4.74 Å². The van der Waals surface area contributed by atoms with Gasteiger partial charge in [0.2, 0.25) is 6.29 Å². The first kappa shape index (κ1) is 8.04. The number of rotatable bonds is 0. The maximum Gasteiger partial charge on any atom is 0.345 e. The number of fused-ring (bicyclic) bond motifs is 1. The fourth-order valence-corrected chi connectivity index (χ4v) is 1.18. The fraction of sp³-hybridized carbons (Fsp3) is 0.222. The van der Waals surface area contributed by atoms with E-state index in [1.807, 2.05) is 0 Å². The second-order valence-electron chi connectivity index (χ2n) is 2.73. The Morgan fingerprint density at radius 3 is 2.92 bits per heavy atom. The Labute approximate surface area is 74.1 Å². The average molecular weight is 182 g/mol. The van der Waals surface area contributed by atoms with Crippen LogP contribution in [-0.4, -0.2) is 12.3 Å². The van der Waals surface area contributed by atoms with Gasteiger partial charge < -0.3 is 9.47 Å². The predicted octanol–water partition coefficient (Wildman–Crippen LogP) is 1.72. The molecule has 1 aromatic carbocycles. The molecule has 1 aliphatic heterocycles. The Morgan fingerprint density at radius 2 is 2.15 bits per heavy atom. The maximum absolute atomic E-state index is 12.7.